The van der Waals surface area contributed by atoms with Gasteiger partial charge in [-0.1, -0.05) is 38.1 Å². The van der Waals surface area contributed by atoms with Gasteiger partial charge in [0.1, 0.15) is 0 Å². The Morgan fingerprint density at radius 1 is 1.26 bits per heavy atom. The van der Waals surface area contributed by atoms with Crippen molar-refractivity contribution in [2.45, 2.75) is 51.2 Å². The number of morpholine rings is 1. The summed E-state index contributed by atoms with van der Waals surface area (Å²) in [4.78, 5) is 0. The monoisotopic (exact) mass is 259 g/mol. The molecule has 1 saturated carbocycles. The van der Waals surface area contributed by atoms with Gasteiger partial charge in [-0.15, -0.1) is 0 Å². The predicted octanol–water partition coefficient (Wildman–Crippen LogP) is 3.64. The zero-order valence-corrected chi connectivity index (χ0v) is 12.3. The molecule has 1 heterocycles. The fraction of sp³-hybridized carbons (Fsp3) is 0.647. The molecule has 1 aromatic carbocycles. The first-order chi connectivity index (χ1) is 9.08. The molecule has 2 atom stereocenters. The lowest BCUT2D eigenvalue weighted by atomic mass is 9.89. The van der Waals surface area contributed by atoms with E-state index in [1.807, 2.05) is 0 Å². The lowest BCUT2D eigenvalue weighted by Crippen LogP contribution is -2.52. The van der Waals surface area contributed by atoms with Crippen molar-refractivity contribution in [3.63, 3.8) is 0 Å². The largest absolute Gasteiger partial charge is 0.364 e. The van der Waals surface area contributed by atoms with Crippen molar-refractivity contribution in [3.05, 3.63) is 35.4 Å². The third-order valence-corrected chi connectivity index (χ3v) is 4.77. The van der Waals surface area contributed by atoms with Crippen LogP contribution in [0.15, 0.2) is 24.3 Å². The van der Waals surface area contributed by atoms with E-state index in [0.29, 0.717) is 5.92 Å². The van der Waals surface area contributed by atoms with Gasteiger partial charge in [0.05, 0.1) is 11.7 Å². The Hall–Kier alpha value is -0.860. The summed E-state index contributed by atoms with van der Waals surface area (Å²) in [6.45, 7) is 8.58. The van der Waals surface area contributed by atoms with E-state index in [1.165, 1.54) is 24.0 Å². The number of benzene rings is 1. The Balaban J connectivity index is 1.79. The average molecular weight is 259 g/mol. The lowest BCUT2D eigenvalue weighted by Gasteiger charge is -2.42. The highest BCUT2D eigenvalue weighted by Gasteiger charge is 2.36. The molecular formula is C17H25NO. The van der Waals surface area contributed by atoms with E-state index in [1.54, 1.807) is 0 Å². The van der Waals surface area contributed by atoms with Gasteiger partial charge in [0.25, 0.3) is 0 Å². The van der Waals surface area contributed by atoms with Crippen LogP contribution in [0.2, 0.25) is 0 Å². The van der Waals surface area contributed by atoms with Gasteiger partial charge >= 0.3 is 0 Å². The van der Waals surface area contributed by atoms with Gasteiger partial charge in [0.15, 0.2) is 0 Å². The first-order valence-corrected chi connectivity index (χ1v) is 7.57. The molecule has 104 valence electrons. The number of ether oxygens (including phenoxy) is 1. The molecule has 1 N–H and O–H groups in total. The summed E-state index contributed by atoms with van der Waals surface area (Å²) < 4.78 is 6.41. The van der Waals surface area contributed by atoms with Crippen molar-refractivity contribution in [1.82, 2.24) is 5.32 Å². The van der Waals surface area contributed by atoms with Crippen molar-refractivity contribution >= 4 is 0 Å². The first-order valence-electron chi connectivity index (χ1n) is 7.57. The minimum Gasteiger partial charge on any atom is -0.364 e. The Bertz CT molecular complexity index is 452. The fourth-order valence-corrected chi connectivity index (χ4v) is 2.82. The zero-order valence-electron chi connectivity index (χ0n) is 12.3. The second-order valence-corrected chi connectivity index (χ2v) is 6.65. The molecule has 1 aromatic rings. The summed E-state index contributed by atoms with van der Waals surface area (Å²) in [5.74, 6) is 1.34. The van der Waals surface area contributed by atoms with Gasteiger partial charge in [0.2, 0.25) is 0 Å². The topological polar surface area (TPSA) is 21.3 Å². The summed E-state index contributed by atoms with van der Waals surface area (Å²) in [6, 6.07) is 9.02. The molecule has 3 rings (SSSR count). The van der Waals surface area contributed by atoms with E-state index in [2.05, 4.69) is 50.4 Å². The van der Waals surface area contributed by atoms with E-state index in [4.69, 9.17) is 4.74 Å². The van der Waals surface area contributed by atoms with E-state index in [-0.39, 0.29) is 11.7 Å². The van der Waals surface area contributed by atoms with Crippen LogP contribution in [0.4, 0.5) is 0 Å². The fourth-order valence-electron chi connectivity index (χ4n) is 2.82. The normalized spacial score (nSPS) is 31.7. The van der Waals surface area contributed by atoms with Crippen LogP contribution in [0.1, 0.15) is 56.8 Å². The Morgan fingerprint density at radius 2 is 2.00 bits per heavy atom. The molecular weight excluding hydrogens is 234 g/mol. The van der Waals surface area contributed by atoms with Crippen LogP contribution in [0.25, 0.3) is 0 Å². The van der Waals surface area contributed by atoms with Gasteiger partial charge in [-0.2, -0.15) is 0 Å². The van der Waals surface area contributed by atoms with Crippen LogP contribution >= 0.6 is 0 Å². The zero-order chi connectivity index (χ0) is 13.5. The maximum absolute atomic E-state index is 6.41. The van der Waals surface area contributed by atoms with Crippen molar-refractivity contribution in [2.24, 2.45) is 5.92 Å². The van der Waals surface area contributed by atoms with Crippen LogP contribution in [0.5, 0.6) is 0 Å². The molecule has 0 bridgehead atoms. The molecule has 2 nitrogen and oxygen atoms in total. The van der Waals surface area contributed by atoms with Crippen molar-refractivity contribution in [2.75, 3.05) is 13.1 Å². The molecule has 2 unspecified atom stereocenters. The summed E-state index contributed by atoms with van der Waals surface area (Å²) in [5, 5.41) is 3.54. The molecule has 0 amide bonds. The highest BCUT2D eigenvalue weighted by atomic mass is 16.5. The van der Waals surface area contributed by atoms with E-state index in [9.17, 15) is 0 Å². The smallest absolute Gasteiger partial charge is 0.0957 e. The van der Waals surface area contributed by atoms with Gasteiger partial charge in [-0.05, 0) is 42.7 Å². The molecule has 2 fully saturated rings. The molecule has 0 spiro atoms. The second kappa shape index (κ2) is 4.92. The lowest BCUT2D eigenvalue weighted by molar-refractivity contribution is -0.132. The van der Waals surface area contributed by atoms with E-state index < -0.39 is 0 Å². The highest BCUT2D eigenvalue weighted by molar-refractivity contribution is 5.30. The minimum absolute atomic E-state index is 0.0570. The van der Waals surface area contributed by atoms with Gasteiger partial charge in [-0.3, -0.25) is 0 Å². The van der Waals surface area contributed by atoms with Crippen molar-refractivity contribution in [1.29, 1.82) is 0 Å². The van der Waals surface area contributed by atoms with Crippen LogP contribution in [-0.4, -0.2) is 18.7 Å². The SMILES string of the molecule is CC(C)C1(C)CNCC(c2cccc(C3CC3)c2)O1. The Labute approximate surface area is 116 Å². The average Bonchev–Trinajstić information content (AvgIpc) is 3.23. The molecule has 2 heteroatoms. The summed E-state index contributed by atoms with van der Waals surface area (Å²) in [5.41, 5.74) is 2.78. The molecule has 0 radical (unpaired) electrons. The van der Waals surface area contributed by atoms with Crippen LogP contribution < -0.4 is 5.32 Å². The number of nitrogens with one attached hydrogen (secondary N) is 1. The maximum atomic E-state index is 6.41. The van der Waals surface area contributed by atoms with E-state index in [0.717, 1.165) is 19.0 Å². The van der Waals surface area contributed by atoms with Gasteiger partial charge < -0.3 is 10.1 Å². The van der Waals surface area contributed by atoms with Crippen LogP contribution in [0, 0.1) is 5.92 Å². The van der Waals surface area contributed by atoms with Crippen molar-refractivity contribution in [3.8, 4) is 0 Å². The van der Waals surface area contributed by atoms with Crippen LogP contribution in [-0.2, 0) is 4.74 Å². The predicted molar refractivity (Wildman–Crippen MR) is 78.4 cm³/mol. The quantitative estimate of drug-likeness (QED) is 0.895. The molecule has 2 aliphatic rings. The third kappa shape index (κ3) is 2.70. The summed E-state index contributed by atoms with van der Waals surface area (Å²) in [7, 11) is 0. The third-order valence-electron chi connectivity index (χ3n) is 4.77. The Kier molecular flexibility index (Phi) is 3.40. The first kappa shape index (κ1) is 13.1. The number of rotatable bonds is 3. The van der Waals surface area contributed by atoms with Crippen molar-refractivity contribution < 1.29 is 4.74 Å². The number of hydrogen-bond donors (Lipinski definition) is 1. The summed E-state index contributed by atoms with van der Waals surface area (Å²) in [6.07, 6.45) is 2.91. The molecule has 19 heavy (non-hydrogen) atoms. The highest BCUT2D eigenvalue weighted by Crippen LogP contribution is 2.41. The van der Waals surface area contributed by atoms with Crippen LogP contribution in [0.3, 0.4) is 0 Å². The maximum Gasteiger partial charge on any atom is 0.0957 e. The van der Waals surface area contributed by atoms with Gasteiger partial charge in [-0.25, -0.2) is 0 Å². The molecule has 1 aliphatic heterocycles. The minimum atomic E-state index is -0.0570. The summed E-state index contributed by atoms with van der Waals surface area (Å²) >= 11 is 0. The Morgan fingerprint density at radius 3 is 2.68 bits per heavy atom. The molecule has 1 saturated heterocycles. The second-order valence-electron chi connectivity index (χ2n) is 6.65. The molecule has 1 aliphatic carbocycles. The molecule has 0 aromatic heterocycles. The number of hydrogen-bond acceptors (Lipinski definition) is 2. The standard InChI is InChI=1S/C17H25NO/c1-12(2)17(3)11-18-10-16(19-17)15-6-4-5-14(9-15)13-7-8-13/h4-6,9,12-13,16,18H,7-8,10-11H2,1-3H3. The van der Waals surface area contributed by atoms with E-state index >= 15 is 0 Å². The van der Waals surface area contributed by atoms with Gasteiger partial charge in [0, 0.05) is 13.1 Å².